The Morgan fingerprint density at radius 2 is 1.95 bits per heavy atom. The van der Waals surface area contributed by atoms with Gasteiger partial charge in [-0.25, -0.2) is 0 Å². The topological polar surface area (TPSA) is 41.8 Å². The minimum atomic E-state index is 0.0273. The number of rotatable bonds is 3. The monoisotopic (exact) mass is 373 g/mol. The van der Waals surface area contributed by atoms with Gasteiger partial charge in [0.2, 0.25) is 0 Å². The highest BCUT2D eigenvalue weighted by Gasteiger charge is 2.08. The Kier molecular flexibility index (Phi) is 4.91. The van der Waals surface area contributed by atoms with E-state index in [0.29, 0.717) is 27.0 Å². The van der Waals surface area contributed by atoms with Crippen molar-refractivity contribution in [2.24, 2.45) is 4.99 Å². The van der Waals surface area contributed by atoms with E-state index < -0.39 is 0 Å². The quantitative estimate of drug-likeness (QED) is 0.748. The summed E-state index contributed by atoms with van der Waals surface area (Å²) in [6.07, 6.45) is 1.53. The van der Waals surface area contributed by atoms with E-state index in [9.17, 15) is 5.11 Å². The van der Waals surface area contributed by atoms with Crippen molar-refractivity contribution in [2.45, 2.75) is 0 Å². The first-order valence-corrected chi connectivity index (χ1v) is 7.12. The van der Waals surface area contributed by atoms with Crippen LogP contribution in [0.15, 0.2) is 39.8 Å². The molecule has 2 aromatic carbocycles. The highest BCUT2D eigenvalue weighted by Crippen LogP contribution is 2.33. The number of aliphatic imine (C=N–C) groups is 1. The Morgan fingerprint density at radius 1 is 1.20 bits per heavy atom. The Bertz CT molecular complexity index is 674. The smallest absolute Gasteiger partial charge is 0.166 e. The molecule has 3 nitrogen and oxygen atoms in total. The van der Waals surface area contributed by atoms with Crippen LogP contribution >= 0.6 is 39.1 Å². The van der Waals surface area contributed by atoms with Crippen molar-refractivity contribution in [3.8, 4) is 11.5 Å². The molecule has 0 spiro atoms. The van der Waals surface area contributed by atoms with Gasteiger partial charge in [-0.2, -0.15) is 0 Å². The van der Waals surface area contributed by atoms with Crippen LogP contribution in [0.5, 0.6) is 11.5 Å². The zero-order valence-electron chi connectivity index (χ0n) is 10.4. The third kappa shape index (κ3) is 3.45. The first kappa shape index (κ1) is 15.2. The van der Waals surface area contributed by atoms with Crippen LogP contribution in [-0.4, -0.2) is 18.4 Å². The van der Waals surface area contributed by atoms with Crippen molar-refractivity contribution < 1.29 is 9.84 Å². The maximum atomic E-state index is 10.0. The van der Waals surface area contributed by atoms with Gasteiger partial charge in [0.1, 0.15) is 0 Å². The largest absolute Gasteiger partial charge is 0.504 e. The van der Waals surface area contributed by atoms with Gasteiger partial charge >= 0.3 is 0 Å². The fourth-order valence-electron chi connectivity index (χ4n) is 1.56. The van der Waals surface area contributed by atoms with Crippen molar-refractivity contribution in [1.29, 1.82) is 0 Å². The molecule has 0 aliphatic rings. The summed E-state index contributed by atoms with van der Waals surface area (Å²) in [7, 11) is 1.49. The van der Waals surface area contributed by atoms with E-state index in [-0.39, 0.29) is 5.75 Å². The number of methoxy groups -OCH3 is 1. The number of phenolic OH excluding ortho intramolecular Hbond substituents is 1. The molecular weight excluding hydrogens is 365 g/mol. The normalized spacial score (nSPS) is 11.0. The van der Waals surface area contributed by atoms with Crippen molar-refractivity contribution in [1.82, 2.24) is 0 Å². The lowest BCUT2D eigenvalue weighted by atomic mass is 10.2. The molecule has 0 atom stereocenters. The lowest BCUT2D eigenvalue weighted by Crippen LogP contribution is -1.89. The highest BCUT2D eigenvalue weighted by atomic mass is 79.9. The molecule has 0 saturated heterocycles. The van der Waals surface area contributed by atoms with Crippen LogP contribution < -0.4 is 4.74 Å². The van der Waals surface area contributed by atoms with E-state index in [1.165, 1.54) is 13.3 Å². The number of ether oxygens (including phenoxy) is 1. The van der Waals surface area contributed by atoms with Crippen LogP contribution in [0.1, 0.15) is 5.56 Å². The fraction of sp³-hybridized carbons (Fsp3) is 0.0714. The maximum Gasteiger partial charge on any atom is 0.166 e. The predicted octanol–water partition coefficient (Wildman–Crippen LogP) is 5.22. The van der Waals surface area contributed by atoms with Crippen LogP contribution in [0.3, 0.4) is 0 Å². The van der Waals surface area contributed by atoms with Crippen molar-refractivity contribution in [2.75, 3.05) is 7.11 Å². The van der Waals surface area contributed by atoms with Crippen molar-refractivity contribution in [3.05, 3.63) is 50.4 Å². The average Bonchev–Trinajstić information content (AvgIpc) is 2.43. The molecular formula is C14H10BrCl2NO2. The first-order valence-electron chi connectivity index (χ1n) is 5.57. The molecule has 20 heavy (non-hydrogen) atoms. The SMILES string of the molecule is COc1cc(Br)cc(C=Nc2ccc(Cl)c(Cl)c2)c1O. The lowest BCUT2D eigenvalue weighted by Gasteiger charge is -2.06. The summed E-state index contributed by atoms with van der Waals surface area (Å²) in [4.78, 5) is 4.25. The van der Waals surface area contributed by atoms with E-state index in [2.05, 4.69) is 20.9 Å². The number of nitrogens with zero attached hydrogens (tertiary/aromatic N) is 1. The molecule has 0 bridgehead atoms. The number of halogens is 3. The zero-order chi connectivity index (χ0) is 14.7. The zero-order valence-corrected chi connectivity index (χ0v) is 13.5. The van der Waals surface area contributed by atoms with Crippen molar-refractivity contribution >= 4 is 51.0 Å². The van der Waals surface area contributed by atoms with Gasteiger partial charge in [-0.05, 0) is 30.3 Å². The molecule has 0 fully saturated rings. The van der Waals surface area contributed by atoms with Crippen LogP contribution in [0.25, 0.3) is 0 Å². The van der Waals surface area contributed by atoms with Gasteiger partial charge < -0.3 is 9.84 Å². The van der Waals surface area contributed by atoms with E-state index >= 15 is 0 Å². The van der Waals surface area contributed by atoms with Gasteiger partial charge in [0, 0.05) is 16.3 Å². The number of hydrogen-bond donors (Lipinski definition) is 1. The summed E-state index contributed by atoms with van der Waals surface area (Å²) in [6, 6.07) is 8.45. The number of aromatic hydroxyl groups is 1. The average molecular weight is 375 g/mol. The van der Waals surface area contributed by atoms with Gasteiger partial charge in [0.05, 0.1) is 22.8 Å². The minimum Gasteiger partial charge on any atom is -0.504 e. The summed E-state index contributed by atoms with van der Waals surface area (Å²) in [5.74, 6) is 0.398. The summed E-state index contributed by atoms with van der Waals surface area (Å²) in [5.41, 5.74) is 1.17. The first-order chi connectivity index (χ1) is 9.51. The van der Waals surface area contributed by atoms with E-state index in [4.69, 9.17) is 27.9 Å². The third-order valence-electron chi connectivity index (χ3n) is 2.55. The maximum absolute atomic E-state index is 10.0. The Labute approximate surface area is 134 Å². The van der Waals surface area contributed by atoms with E-state index in [0.717, 1.165) is 4.47 Å². The van der Waals surface area contributed by atoms with Crippen LogP contribution in [0, 0.1) is 0 Å². The van der Waals surface area contributed by atoms with Gasteiger partial charge in [0.15, 0.2) is 11.5 Å². The molecule has 0 amide bonds. The summed E-state index contributed by atoms with van der Waals surface area (Å²) in [6.45, 7) is 0. The lowest BCUT2D eigenvalue weighted by molar-refractivity contribution is 0.373. The fourth-order valence-corrected chi connectivity index (χ4v) is 2.30. The Morgan fingerprint density at radius 3 is 2.60 bits per heavy atom. The number of phenols is 1. The summed E-state index contributed by atoms with van der Waals surface area (Å²) < 4.78 is 5.85. The summed E-state index contributed by atoms with van der Waals surface area (Å²) in [5, 5.41) is 10.9. The second kappa shape index (κ2) is 6.48. The predicted molar refractivity (Wildman–Crippen MR) is 86.1 cm³/mol. The Hall–Kier alpha value is -1.23. The van der Waals surface area contributed by atoms with E-state index in [1.54, 1.807) is 30.3 Å². The van der Waals surface area contributed by atoms with Crippen LogP contribution in [-0.2, 0) is 0 Å². The Balaban J connectivity index is 2.36. The van der Waals surface area contributed by atoms with E-state index in [1.807, 2.05) is 0 Å². The van der Waals surface area contributed by atoms with Gasteiger partial charge in [-0.3, -0.25) is 4.99 Å². The second-order valence-corrected chi connectivity index (χ2v) is 5.63. The number of hydrogen-bond acceptors (Lipinski definition) is 3. The van der Waals surface area contributed by atoms with Crippen LogP contribution in [0.4, 0.5) is 5.69 Å². The van der Waals surface area contributed by atoms with Gasteiger partial charge in [0.25, 0.3) is 0 Å². The van der Waals surface area contributed by atoms with Crippen LogP contribution in [0.2, 0.25) is 10.0 Å². The van der Waals surface area contributed by atoms with Crippen molar-refractivity contribution in [3.63, 3.8) is 0 Å². The molecule has 2 rings (SSSR count). The highest BCUT2D eigenvalue weighted by molar-refractivity contribution is 9.10. The number of benzene rings is 2. The molecule has 0 aliphatic carbocycles. The minimum absolute atomic E-state index is 0.0273. The molecule has 0 radical (unpaired) electrons. The molecule has 6 heteroatoms. The molecule has 0 unspecified atom stereocenters. The molecule has 0 aliphatic heterocycles. The molecule has 1 N–H and O–H groups in total. The summed E-state index contributed by atoms with van der Waals surface area (Å²) >= 11 is 15.1. The molecule has 0 saturated carbocycles. The molecule has 0 heterocycles. The standard InChI is InChI=1S/C14H10BrCl2NO2/c1-20-13-5-9(15)4-8(14(13)19)7-18-10-2-3-11(16)12(17)6-10/h2-7,19H,1H3. The molecule has 2 aromatic rings. The second-order valence-electron chi connectivity index (χ2n) is 3.90. The van der Waals surface area contributed by atoms with Gasteiger partial charge in [-0.15, -0.1) is 0 Å². The van der Waals surface area contributed by atoms with Gasteiger partial charge in [-0.1, -0.05) is 39.1 Å². The molecule has 0 aromatic heterocycles. The molecule has 104 valence electrons. The third-order valence-corrected chi connectivity index (χ3v) is 3.74.